The fourth-order valence-corrected chi connectivity index (χ4v) is 6.29. The van der Waals surface area contributed by atoms with Crippen molar-refractivity contribution in [3.8, 4) is 0 Å². The summed E-state index contributed by atoms with van der Waals surface area (Å²) in [6.45, 7) is 2.84. The highest BCUT2D eigenvalue weighted by atomic mass is 32.2. The van der Waals surface area contributed by atoms with Gasteiger partial charge in [-0.05, 0) is 60.6 Å². The second kappa shape index (κ2) is 9.25. The van der Waals surface area contributed by atoms with E-state index in [2.05, 4.69) is 5.32 Å². The summed E-state index contributed by atoms with van der Waals surface area (Å²) in [7, 11) is -3.56. The van der Waals surface area contributed by atoms with Crippen LogP contribution in [0, 0.1) is 0 Å². The van der Waals surface area contributed by atoms with Gasteiger partial charge in [0.1, 0.15) is 6.04 Å². The number of nitrogens with one attached hydrogen (secondary N) is 1. The lowest BCUT2D eigenvalue weighted by atomic mass is 10.1. The van der Waals surface area contributed by atoms with Gasteiger partial charge in [0.25, 0.3) is 0 Å². The number of amides is 2. The van der Waals surface area contributed by atoms with Gasteiger partial charge in [0, 0.05) is 43.6 Å². The van der Waals surface area contributed by atoms with Gasteiger partial charge in [0.15, 0.2) is 0 Å². The topological polar surface area (TPSA) is 86.8 Å². The highest BCUT2D eigenvalue weighted by Gasteiger charge is 2.38. The van der Waals surface area contributed by atoms with Gasteiger partial charge in [-0.3, -0.25) is 14.5 Å². The summed E-state index contributed by atoms with van der Waals surface area (Å²) in [5.41, 5.74) is 2.27. The van der Waals surface area contributed by atoms with Crippen LogP contribution in [0.15, 0.2) is 52.3 Å². The molecule has 1 N–H and O–H groups in total. The number of hydrogen-bond acceptors (Lipinski definition) is 5. The molecule has 7 nitrogen and oxygen atoms in total. The number of anilines is 1. The maximum Gasteiger partial charge on any atom is 0.243 e. The first-order chi connectivity index (χ1) is 15.3. The van der Waals surface area contributed by atoms with E-state index < -0.39 is 16.1 Å². The molecule has 2 amide bonds. The smallest absolute Gasteiger partial charge is 0.243 e. The quantitative estimate of drug-likeness (QED) is 0.652. The Hall–Kier alpha value is -2.36. The molecule has 1 fully saturated rings. The molecule has 1 atom stereocenters. The molecule has 0 radical (unpaired) electrons. The van der Waals surface area contributed by atoms with Crippen LogP contribution in [0.5, 0.6) is 0 Å². The number of carbonyl (C=O) groups excluding carboxylic acids is 2. The van der Waals surface area contributed by atoms with Crippen LogP contribution in [0.4, 0.5) is 5.69 Å². The average Bonchev–Trinajstić information content (AvgIpc) is 3.45. The van der Waals surface area contributed by atoms with Crippen molar-refractivity contribution in [3.63, 3.8) is 0 Å². The van der Waals surface area contributed by atoms with E-state index in [1.807, 2.05) is 30.5 Å². The normalized spacial score (nSPS) is 18.6. The van der Waals surface area contributed by atoms with Crippen molar-refractivity contribution >= 4 is 39.3 Å². The summed E-state index contributed by atoms with van der Waals surface area (Å²) in [6.07, 6.45) is 4.03. The van der Waals surface area contributed by atoms with E-state index in [4.69, 9.17) is 0 Å². The summed E-state index contributed by atoms with van der Waals surface area (Å²) < 4.78 is 27.4. The Morgan fingerprint density at radius 1 is 1.09 bits per heavy atom. The maximum absolute atomic E-state index is 13.0. The molecule has 2 aromatic carbocycles. The highest BCUT2D eigenvalue weighted by Crippen LogP contribution is 2.35. The summed E-state index contributed by atoms with van der Waals surface area (Å²) in [4.78, 5) is 28.2. The summed E-state index contributed by atoms with van der Waals surface area (Å²) in [5.74, 6) is -0.502. The minimum absolute atomic E-state index is 0.219. The molecule has 2 aromatic rings. The first-order valence-electron chi connectivity index (χ1n) is 10.6. The summed E-state index contributed by atoms with van der Waals surface area (Å²) in [5, 5.41) is 2.92. The highest BCUT2D eigenvalue weighted by molar-refractivity contribution is 7.98. The van der Waals surface area contributed by atoms with Crippen molar-refractivity contribution in [3.05, 3.63) is 53.6 Å². The minimum Gasteiger partial charge on any atom is -0.350 e. The molecule has 0 spiro atoms. The maximum atomic E-state index is 13.0. The van der Waals surface area contributed by atoms with E-state index in [1.165, 1.54) is 22.2 Å². The lowest BCUT2D eigenvalue weighted by molar-refractivity contribution is -0.125. The van der Waals surface area contributed by atoms with Gasteiger partial charge in [-0.1, -0.05) is 12.1 Å². The molecule has 0 bridgehead atoms. The van der Waals surface area contributed by atoms with Crippen LogP contribution < -0.4 is 10.2 Å². The minimum atomic E-state index is -3.56. The average molecular weight is 474 g/mol. The van der Waals surface area contributed by atoms with E-state index in [1.54, 1.807) is 23.9 Å². The van der Waals surface area contributed by atoms with Crippen LogP contribution in [0.1, 0.15) is 30.9 Å². The van der Waals surface area contributed by atoms with Gasteiger partial charge in [-0.25, -0.2) is 8.42 Å². The van der Waals surface area contributed by atoms with E-state index in [-0.39, 0.29) is 23.1 Å². The molecule has 0 saturated carbocycles. The fraction of sp³-hybridized carbons (Fsp3) is 0.391. The zero-order chi connectivity index (χ0) is 22.9. The Bertz CT molecular complexity index is 1130. The van der Waals surface area contributed by atoms with Crippen molar-refractivity contribution in [2.45, 2.75) is 48.6 Å². The van der Waals surface area contributed by atoms with Crippen molar-refractivity contribution in [2.24, 2.45) is 0 Å². The van der Waals surface area contributed by atoms with Gasteiger partial charge >= 0.3 is 0 Å². The molecule has 170 valence electrons. The van der Waals surface area contributed by atoms with E-state index in [0.717, 1.165) is 23.3 Å². The molecular formula is C23H27N3O4S2. The van der Waals surface area contributed by atoms with Crippen molar-refractivity contribution in [1.82, 2.24) is 9.62 Å². The molecule has 4 rings (SSSR count). The van der Waals surface area contributed by atoms with Gasteiger partial charge in [0.05, 0.1) is 4.90 Å². The fourth-order valence-electron chi connectivity index (χ4n) is 4.32. The third kappa shape index (κ3) is 4.42. The van der Waals surface area contributed by atoms with Crippen LogP contribution >= 0.6 is 11.8 Å². The van der Waals surface area contributed by atoms with Crippen molar-refractivity contribution in [1.29, 1.82) is 0 Å². The number of sulfonamides is 1. The van der Waals surface area contributed by atoms with E-state index in [0.29, 0.717) is 30.9 Å². The molecule has 0 aromatic heterocycles. The second-order valence-electron chi connectivity index (χ2n) is 8.08. The molecule has 0 aliphatic carbocycles. The van der Waals surface area contributed by atoms with Gasteiger partial charge in [-0.15, -0.1) is 11.8 Å². The number of rotatable bonds is 6. The Balaban J connectivity index is 1.52. The Morgan fingerprint density at radius 3 is 2.41 bits per heavy atom. The molecule has 2 aliphatic heterocycles. The molecule has 0 unspecified atom stereocenters. The second-order valence-corrected chi connectivity index (χ2v) is 10.9. The standard InChI is InChI=1S/C23H27N3O4S2/c1-16(27)26-21-10-9-20(32(29,30)25-11-3-4-12-25)13-18(21)14-22(26)23(28)24-15-17-5-7-19(31-2)8-6-17/h5-10,13,22H,3-4,11-12,14-15H2,1-2H3,(H,24,28)/t22-/m1/s1. The number of hydrogen-bond donors (Lipinski definition) is 1. The van der Waals surface area contributed by atoms with Gasteiger partial charge in [0.2, 0.25) is 21.8 Å². The van der Waals surface area contributed by atoms with Gasteiger partial charge in [-0.2, -0.15) is 4.31 Å². The third-order valence-electron chi connectivity index (χ3n) is 6.01. The van der Waals surface area contributed by atoms with Crippen molar-refractivity contribution in [2.75, 3.05) is 24.2 Å². The van der Waals surface area contributed by atoms with Gasteiger partial charge < -0.3 is 5.32 Å². The molecular weight excluding hydrogens is 446 g/mol. The lowest BCUT2D eigenvalue weighted by Gasteiger charge is -2.23. The Morgan fingerprint density at radius 2 is 1.78 bits per heavy atom. The molecule has 2 heterocycles. The molecule has 1 saturated heterocycles. The Labute approximate surface area is 193 Å². The molecule has 2 aliphatic rings. The SMILES string of the molecule is CSc1ccc(CNC(=O)[C@H]2Cc3cc(S(=O)(=O)N4CCCC4)ccc3N2C(C)=O)cc1. The monoisotopic (exact) mass is 473 g/mol. The van der Waals surface area contributed by atoms with Crippen molar-refractivity contribution < 1.29 is 18.0 Å². The van der Waals surface area contributed by atoms with Crippen LogP contribution in [-0.2, 0) is 32.6 Å². The molecule has 32 heavy (non-hydrogen) atoms. The van der Waals surface area contributed by atoms with Crippen LogP contribution in [0.25, 0.3) is 0 Å². The number of carbonyl (C=O) groups is 2. The Kier molecular flexibility index (Phi) is 6.60. The predicted octanol–water partition coefficient (Wildman–Crippen LogP) is 2.79. The van der Waals surface area contributed by atoms with E-state index >= 15 is 0 Å². The van der Waals surface area contributed by atoms with Crippen LogP contribution in [0.3, 0.4) is 0 Å². The largest absolute Gasteiger partial charge is 0.350 e. The zero-order valence-corrected chi connectivity index (χ0v) is 19.8. The zero-order valence-electron chi connectivity index (χ0n) is 18.2. The summed E-state index contributed by atoms with van der Waals surface area (Å²) in [6, 6.07) is 12.0. The predicted molar refractivity (Wildman–Crippen MR) is 125 cm³/mol. The number of fused-ring (bicyclic) bond motifs is 1. The number of thioether (sulfide) groups is 1. The summed E-state index contributed by atoms with van der Waals surface area (Å²) >= 11 is 1.65. The van der Waals surface area contributed by atoms with Crippen LogP contribution in [-0.4, -0.2) is 49.9 Å². The first kappa shape index (κ1) is 22.8. The first-order valence-corrected chi connectivity index (χ1v) is 13.3. The lowest BCUT2D eigenvalue weighted by Crippen LogP contribution is -2.47. The van der Waals surface area contributed by atoms with Crippen LogP contribution in [0.2, 0.25) is 0 Å². The van der Waals surface area contributed by atoms with E-state index in [9.17, 15) is 18.0 Å². The molecule has 9 heteroatoms. The third-order valence-corrected chi connectivity index (χ3v) is 8.64. The number of benzene rings is 2. The number of nitrogens with zero attached hydrogens (tertiary/aromatic N) is 2.